The molecule has 0 saturated carbocycles. The second-order valence-electron chi connectivity index (χ2n) is 4.11. The lowest BCUT2D eigenvalue weighted by Gasteiger charge is -2.15. The molecule has 1 aliphatic rings. The number of fused-ring (bicyclic) bond motifs is 3. The molecule has 0 spiro atoms. The quantitative estimate of drug-likeness (QED) is 0.639. The summed E-state index contributed by atoms with van der Waals surface area (Å²) >= 11 is 0. The third-order valence-corrected chi connectivity index (χ3v) is 2.88. The van der Waals surface area contributed by atoms with Gasteiger partial charge in [-0.2, -0.15) is 0 Å². The van der Waals surface area contributed by atoms with Crippen LogP contribution in [0, 0.1) is 6.92 Å². The zero-order chi connectivity index (χ0) is 11.8. The van der Waals surface area contributed by atoms with E-state index in [1.807, 2.05) is 24.3 Å². The van der Waals surface area contributed by atoms with Gasteiger partial charge in [-0.15, -0.1) is 0 Å². The van der Waals surface area contributed by atoms with E-state index in [0.29, 0.717) is 0 Å². The second kappa shape index (κ2) is 3.62. The molecule has 0 N–H and O–H groups in total. The molecule has 82 valence electrons. The van der Waals surface area contributed by atoms with E-state index in [1.165, 1.54) is 5.56 Å². The standard InChI is InChI=1S/C15H10O2/c1-10-2-7-14-12(8-10)4-3-11-5-6-13(9-16)17-15(11)14/h2-8H,1H3. The number of hydrogen-bond acceptors (Lipinski definition) is 2. The molecule has 1 aliphatic heterocycles. The summed E-state index contributed by atoms with van der Waals surface area (Å²) in [6.07, 6.45) is 3.51. The Kier molecular flexibility index (Phi) is 2.10. The van der Waals surface area contributed by atoms with Crippen molar-refractivity contribution >= 4 is 22.8 Å². The number of hydrogen-bond donors (Lipinski definition) is 0. The van der Waals surface area contributed by atoms with Crippen LogP contribution < -0.4 is 4.74 Å². The molecule has 1 heterocycles. The van der Waals surface area contributed by atoms with Gasteiger partial charge in [0.25, 0.3) is 0 Å². The first kappa shape index (κ1) is 9.88. The fraction of sp³-hybridized carbons (Fsp3) is 0.0667. The third-order valence-electron chi connectivity index (χ3n) is 2.88. The fourth-order valence-electron chi connectivity index (χ4n) is 2.05. The van der Waals surface area contributed by atoms with Gasteiger partial charge in [-0.05, 0) is 24.5 Å². The minimum absolute atomic E-state index is 0.227. The van der Waals surface area contributed by atoms with E-state index in [2.05, 4.69) is 19.1 Å². The highest BCUT2D eigenvalue weighted by Crippen LogP contribution is 2.35. The van der Waals surface area contributed by atoms with Gasteiger partial charge in [-0.1, -0.05) is 35.9 Å². The number of ether oxygens (including phenoxy) is 1. The van der Waals surface area contributed by atoms with Gasteiger partial charge in [0.15, 0.2) is 5.94 Å². The van der Waals surface area contributed by atoms with Gasteiger partial charge in [0.2, 0.25) is 5.76 Å². The van der Waals surface area contributed by atoms with Crippen LogP contribution in [0.25, 0.3) is 16.8 Å². The summed E-state index contributed by atoms with van der Waals surface area (Å²) in [4.78, 5) is 10.6. The summed E-state index contributed by atoms with van der Waals surface area (Å²) in [5, 5.41) is 2.13. The Morgan fingerprint density at radius 1 is 1.12 bits per heavy atom. The summed E-state index contributed by atoms with van der Waals surface area (Å²) in [6, 6.07) is 10.2. The number of benzene rings is 2. The Morgan fingerprint density at radius 3 is 2.82 bits per heavy atom. The van der Waals surface area contributed by atoms with Crippen LogP contribution in [0.3, 0.4) is 0 Å². The largest absolute Gasteiger partial charge is 0.444 e. The van der Waals surface area contributed by atoms with Crippen LogP contribution in [0.5, 0.6) is 5.75 Å². The summed E-state index contributed by atoms with van der Waals surface area (Å²) in [6.45, 7) is 2.05. The molecule has 0 amide bonds. The minimum atomic E-state index is 0.227. The first-order chi connectivity index (χ1) is 8.28. The molecular formula is C15H10O2. The smallest absolute Gasteiger partial charge is 0.210 e. The van der Waals surface area contributed by atoms with E-state index < -0.39 is 0 Å². The van der Waals surface area contributed by atoms with Crippen molar-refractivity contribution in [2.24, 2.45) is 0 Å². The number of aryl methyl sites for hydroxylation is 1. The summed E-state index contributed by atoms with van der Waals surface area (Å²) < 4.78 is 5.54. The Labute approximate surface area is 98.8 Å². The van der Waals surface area contributed by atoms with E-state index in [0.717, 1.165) is 22.1 Å². The molecule has 0 saturated heterocycles. The molecule has 17 heavy (non-hydrogen) atoms. The highest BCUT2D eigenvalue weighted by Gasteiger charge is 2.13. The van der Waals surface area contributed by atoms with Crippen molar-refractivity contribution in [3.63, 3.8) is 0 Å². The summed E-state index contributed by atoms with van der Waals surface area (Å²) in [5.41, 5.74) is 2.19. The van der Waals surface area contributed by atoms with Crippen molar-refractivity contribution < 1.29 is 9.53 Å². The van der Waals surface area contributed by atoms with Gasteiger partial charge in [-0.3, -0.25) is 0 Å². The van der Waals surface area contributed by atoms with Crippen LogP contribution in [0.1, 0.15) is 11.1 Å². The number of carbonyl (C=O) groups excluding carboxylic acids is 1. The van der Waals surface area contributed by atoms with Crippen molar-refractivity contribution in [3.8, 4) is 5.75 Å². The van der Waals surface area contributed by atoms with Crippen molar-refractivity contribution in [3.05, 3.63) is 53.3 Å². The van der Waals surface area contributed by atoms with Crippen molar-refractivity contribution in [2.45, 2.75) is 6.92 Å². The number of allylic oxidation sites excluding steroid dienone is 1. The number of rotatable bonds is 0. The maximum atomic E-state index is 10.6. The van der Waals surface area contributed by atoms with E-state index in [-0.39, 0.29) is 5.76 Å². The zero-order valence-corrected chi connectivity index (χ0v) is 9.36. The normalized spacial score (nSPS) is 13.1. The molecule has 3 rings (SSSR count). The molecule has 2 aromatic rings. The van der Waals surface area contributed by atoms with Gasteiger partial charge >= 0.3 is 0 Å². The van der Waals surface area contributed by atoms with Crippen molar-refractivity contribution in [1.29, 1.82) is 0 Å². The van der Waals surface area contributed by atoms with Gasteiger partial charge in [0, 0.05) is 10.9 Å². The lowest BCUT2D eigenvalue weighted by atomic mass is 10.0. The Hall–Kier alpha value is -2.31. The highest BCUT2D eigenvalue weighted by atomic mass is 16.5. The molecule has 0 aliphatic carbocycles. The maximum absolute atomic E-state index is 10.6. The van der Waals surface area contributed by atoms with Crippen LogP contribution in [-0.2, 0) is 4.79 Å². The van der Waals surface area contributed by atoms with E-state index in [1.54, 1.807) is 12.0 Å². The van der Waals surface area contributed by atoms with E-state index >= 15 is 0 Å². The minimum Gasteiger partial charge on any atom is -0.444 e. The van der Waals surface area contributed by atoms with Crippen molar-refractivity contribution in [2.75, 3.05) is 0 Å². The molecule has 0 atom stereocenters. The zero-order valence-electron chi connectivity index (χ0n) is 9.36. The highest BCUT2D eigenvalue weighted by molar-refractivity contribution is 5.93. The first-order valence-electron chi connectivity index (χ1n) is 5.42. The Bertz CT molecular complexity index is 689. The van der Waals surface area contributed by atoms with Crippen LogP contribution in [0.2, 0.25) is 0 Å². The van der Waals surface area contributed by atoms with Gasteiger partial charge in [0.1, 0.15) is 5.75 Å². The van der Waals surface area contributed by atoms with Gasteiger partial charge in [-0.25, -0.2) is 4.79 Å². The third kappa shape index (κ3) is 1.55. The lowest BCUT2D eigenvalue weighted by molar-refractivity contribution is 0.443. The molecule has 2 aromatic carbocycles. The van der Waals surface area contributed by atoms with Crippen LogP contribution >= 0.6 is 0 Å². The predicted octanol–water partition coefficient (Wildman–Crippen LogP) is 3.27. The lowest BCUT2D eigenvalue weighted by Crippen LogP contribution is -2.00. The fourth-order valence-corrected chi connectivity index (χ4v) is 2.05. The first-order valence-corrected chi connectivity index (χ1v) is 5.42. The van der Waals surface area contributed by atoms with Crippen LogP contribution in [-0.4, -0.2) is 5.94 Å². The Morgan fingerprint density at radius 2 is 2.00 bits per heavy atom. The molecule has 2 heteroatoms. The Balaban J connectivity index is 2.33. The molecule has 0 unspecified atom stereocenters. The average Bonchev–Trinajstić information content (AvgIpc) is 2.37. The van der Waals surface area contributed by atoms with E-state index in [4.69, 9.17) is 4.74 Å². The monoisotopic (exact) mass is 222 g/mol. The van der Waals surface area contributed by atoms with Gasteiger partial charge in [0.05, 0.1) is 0 Å². The topological polar surface area (TPSA) is 26.3 Å². The summed E-state index contributed by atoms with van der Waals surface area (Å²) in [5.74, 6) is 2.75. The van der Waals surface area contributed by atoms with Gasteiger partial charge < -0.3 is 4.74 Å². The molecule has 2 nitrogen and oxygen atoms in total. The SMILES string of the molecule is Cc1ccc2c3c(ccc2c1)C=CC(=C=O)O3. The molecule has 0 bridgehead atoms. The molecule has 0 aromatic heterocycles. The second-order valence-corrected chi connectivity index (χ2v) is 4.11. The van der Waals surface area contributed by atoms with Crippen LogP contribution in [0.15, 0.2) is 42.2 Å². The van der Waals surface area contributed by atoms with Crippen molar-refractivity contribution in [1.82, 2.24) is 0 Å². The molecule has 0 fully saturated rings. The summed E-state index contributed by atoms with van der Waals surface area (Å²) in [7, 11) is 0. The molecule has 0 radical (unpaired) electrons. The predicted molar refractivity (Wildman–Crippen MR) is 67.6 cm³/mol. The maximum Gasteiger partial charge on any atom is 0.210 e. The van der Waals surface area contributed by atoms with Crippen LogP contribution in [0.4, 0.5) is 0 Å². The average molecular weight is 222 g/mol. The molecular weight excluding hydrogens is 212 g/mol. The van der Waals surface area contributed by atoms with E-state index in [9.17, 15) is 4.79 Å².